The summed E-state index contributed by atoms with van der Waals surface area (Å²) in [6.45, 7) is -0.888. The Kier molecular flexibility index (Phi) is 8.65. The quantitative estimate of drug-likeness (QED) is 0.352. The summed E-state index contributed by atoms with van der Waals surface area (Å²) in [5.41, 5.74) is 1.38. The van der Waals surface area contributed by atoms with Gasteiger partial charge in [0.1, 0.15) is 11.5 Å². The van der Waals surface area contributed by atoms with Gasteiger partial charge in [0.15, 0.2) is 0 Å². The second kappa shape index (κ2) is 12.0. The minimum absolute atomic E-state index is 0.306. The van der Waals surface area contributed by atoms with Gasteiger partial charge >= 0.3 is 18.3 Å². The van der Waals surface area contributed by atoms with Crippen LogP contribution in [-0.2, 0) is 29.0 Å². The Bertz CT molecular complexity index is 1550. The van der Waals surface area contributed by atoms with E-state index in [4.69, 9.17) is 0 Å². The highest BCUT2D eigenvalue weighted by molar-refractivity contribution is 5.98. The Balaban J connectivity index is 1.40. The molecule has 2 N–H and O–H groups in total. The van der Waals surface area contributed by atoms with Crippen molar-refractivity contribution in [3.63, 3.8) is 0 Å². The number of piperidine rings is 1. The SMILES string of the molecule is CN1CCc2cc(-c3cccc4c(C[C@H](NC(=O)C5(C(F)(F)F)CCN(CC(F)(F)F)CC5)C(=O)O)cccc34)ncc2C1. The maximum atomic E-state index is 14.3. The Morgan fingerprint density at radius 1 is 1.00 bits per heavy atom. The molecule has 1 aromatic heterocycles. The van der Waals surface area contributed by atoms with Gasteiger partial charge < -0.3 is 15.3 Å². The summed E-state index contributed by atoms with van der Waals surface area (Å²) in [4.78, 5) is 33.1. The topological polar surface area (TPSA) is 85.8 Å². The molecular weight excluding hydrogens is 590 g/mol. The number of pyridine rings is 1. The largest absolute Gasteiger partial charge is 0.480 e. The van der Waals surface area contributed by atoms with E-state index in [0.717, 1.165) is 46.6 Å². The molecule has 2 aromatic carbocycles. The van der Waals surface area contributed by atoms with E-state index < -0.39 is 68.2 Å². The summed E-state index contributed by atoms with van der Waals surface area (Å²) >= 11 is 0. The first kappa shape index (κ1) is 31.7. The molecule has 0 radical (unpaired) electrons. The number of carbonyl (C=O) groups is 2. The summed E-state index contributed by atoms with van der Waals surface area (Å²) in [5, 5.41) is 13.4. The third kappa shape index (κ3) is 6.53. The molecule has 236 valence electrons. The summed E-state index contributed by atoms with van der Waals surface area (Å²) in [7, 11) is 2.04. The van der Waals surface area contributed by atoms with Crippen molar-refractivity contribution in [1.29, 1.82) is 0 Å². The van der Waals surface area contributed by atoms with Crippen LogP contribution >= 0.6 is 0 Å². The van der Waals surface area contributed by atoms with Gasteiger partial charge in [-0.1, -0.05) is 36.4 Å². The van der Waals surface area contributed by atoms with E-state index >= 15 is 0 Å². The first-order valence-corrected chi connectivity index (χ1v) is 14.2. The van der Waals surface area contributed by atoms with Gasteiger partial charge in [-0.2, -0.15) is 26.3 Å². The predicted molar refractivity (Wildman–Crippen MR) is 151 cm³/mol. The van der Waals surface area contributed by atoms with Crippen LogP contribution in [0.15, 0.2) is 48.7 Å². The molecule has 0 bridgehead atoms. The Labute approximate surface area is 249 Å². The number of nitrogens with one attached hydrogen (secondary N) is 1. The molecular formula is C31H32F6N4O3. The second-order valence-electron chi connectivity index (χ2n) is 11.7. The molecule has 1 atom stereocenters. The minimum Gasteiger partial charge on any atom is -0.480 e. The van der Waals surface area contributed by atoms with E-state index in [9.17, 15) is 41.0 Å². The van der Waals surface area contributed by atoms with Gasteiger partial charge in [0.05, 0.1) is 12.2 Å². The fourth-order valence-corrected chi connectivity index (χ4v) is 6.21. The van der Waals surface area contributed by atoms with Crippen LogP contribution in [0.5, 0.6) is 0 Å². The third-order valence-electron chi connectivity index (χ3n) is 8.69. The normalized spacial score (nSPS) is 18.5. The molecule has 0 spiro atoms. The lowest BCUT2D eigenvalue weighted by Gasteiger charge is -2.42. The summed E-state index contributed by atoms with van der Waals surface area (Å²) < 4.78 is 81.2. The van der Waals surface area contributed by atoms with Gasteiger partial charge in [-0.3, -0.25) is 14.7 Å². The number of fused-ring (bicyclic) bond motifs is 2. The molecule has 3 heterocycles. The molecule has 7 nitrogen and oxygen atoms in total. The average molecular weight is 623 g/mol. The van der Waals surface area contributed by atoms with Crippen LogP contribution < -0.4 is 5.32 Å². The highest BCUT2D eigenvalue weighted by atomic mass is 19.4. The number of rotatable bonds is 7. The number of aliphatic carboxylic acids is 1. The summed E-state index contributed by atoms with van der Waals surface area (Å²) in [5.74, 6) is -3.08. The molecule has 3 aromatic rings. The van der Waals surface area contributed by atoms with Gasteiger partial charge in [0, 0.05) is 31.3 Å². The number of carboxylic acids is 1. The van der Waals surface area contributed by atoms with Gasteiger partial charge in [0.2, 0.25) is 5.91 Å². The smallest absolute Gasteiger partial charge is 0.403 e. The molecule has 13 heteroatoms. The fourth-order valence-electron chi connectivity index (χ4n) is 6.21. The van der Waals surface area contributed by atoms with Gasteiger partial charge in [-0.25, -0.2) is 4.79 Å². The Morgan fingerprint density at radius 2 is 1.68 bits per heavy atom. The zero-order chi connectivity index (χ0) is 31.9. The first-order chi connectivity index (χ1) is 20.7. The first-order valence-electron chi connectivity index (χ1n) is 14.2. The zero-order valence-electron chi connectivity index (χ0n) is 23.9. The number of likely N-dealkylation sites (N-methyl/N-ethyl adjacent to an activating group) is 1. The van der Waals surface area contributed by atoms with Crippen LogP contribution in [0.4, 0.5) is 26.3 Å². The Morgan fingerprint density at radius 3 is 2.34 bits per heavy atom. The second-order valence-corrected chi connectivity index (χ2v) is 11.7. The third-order valence-corrected chi connectivity index (χ3v) is 8.69. The van der Waals surface area contributed by atoms with Crippen LogP contribution in [0.2, 0.25) is 0 Å². The van der Waals surface area contributed by atoms with E-state index in [1.54, 1.807) is 24.3 Å². The van der Waals surface area contributed by atoms with Gasteiger partial charge in [-0.15, -0.1) is 0 Å². The molecule has 44 heavy (non-hydrogen) atoms. The van der Waals surface area contributed by atoms with Crippen LogP contribution in [0.1, 0.15) is 29.5 Å². The van der Waals surface area contributed by atoms with Crippen LogP contribution in [-0.4, -0.2) is 83.4 Å². The van der Waals surface area contributed by atoms with Crippen molar-refractivity contribution in [3.8, 4) is 11.3 Å². The molecule has 1 fully saturated rings. The number of halogens is 6. The number of benzene rings is 2. The molecule has 2 aliphatic heterocycles. The van der Waals surface area contributed by atoms with E-state index in [1.165, 1.54) is 5.56 Å². The Hall–Kier alpha value is -3.71. The average Bonchev–Trinajstić information content (AvgIpc) is 2.95. The van der Waals surface area contributed by atoms with Crippen molar-refractivity contribution in [1.82, 2.24) is 20.1 Å². The summed E-state index contributed by atoms with van der Waals surface area (Å²) in [6, 6.07) is 11.0. The van der Waals surface area contributed by atoms with E-state index in [2.05, 4.69) is 15.2 Å². The number of amides is 1. The lowest BCUT2D eigenvalue weighted by atomic mass is 9.76. The highest BCUT2D eigenvalue weighted by Gasteiger charge is 2.61. The van der Waals surface area contributed by atoms with Crippen molar-refractivity contribution in [2.45, 2.75) is 50.6 Å². The van der Waals surface area contributed by atoms with E-state index in [0.29, 0.717) is 10.9 Å². The number of hydrogen-bond acceptors (Lipinski definition) is 5. The van der Waals surface area contributed by atoms with Gasteiger partial charge in [0.25, 0.3) is 0 Å². The van der Waals surface area contributed by atoms with E-state index in [1.807, 2.05) is 31.4 Å². The lowest BCUT2D eigenvalue weighted by molar-refractivity contribution is -0.236. The zero-order valence-corrected chi connectivity index (χ0v) is 23.9. The maximum absolute atomic E-state index is 14.3. The molecule has 0 aliphatic carbocycles. The maximum Gasteiger partial charge on any atom is 0.403 e. The van der Waals surface area contributed by atoms with Crippen molar-refractivity contribution in [2.24, 2.45) is 5.41 Å². The molecule has 1 saturated heterocycles. The number of nitrogens with zero attached hydrogens (tertiary/aromatic N) is 3. The highest BCUT2D eigenvalue weighted by Crippen LogP contribution is 2.47. The predicted octanol–water partition coefficient (Wildman–Crippen LogP) is 5.21. The van der Waals surface area contributed by atoms with Crippen molar-refractivity contribution >= 4 is 22.6 Å². The number of alkyl halides is 6. The number of hydrogen-bond donors (Lipinski definition) is 2. The van der Waals surface area contributed by atoms with Gasteiger partial charge in [-0.05, 0) is 72.9 Å². The standard InChI is InChI=1S/C31H32F6N4O3/c1-40-11-8-19-14-25(38-16-21(19)17-40)24-7-3-5-22-20(4-2-6-23(22)24)15-26(27(42)43)39-28(44)29(31(35,36)37)9-12-41(13-10-29)18-30(32,33)34/h2-7,14,16,26H,8-13,15,17-18H2,1H3,(H,39,44)(H,42,43)/t26-/m0/s1. The monoisotopic (exact) mass is 622 g/mol. The summed E-state index contributed by atoms with van der Waals surface area (Å²) in [6.07, 6.45) is -9.09. The minimum atomic E-state index is -5.09. The molecule has 5 rings (SSSR count). The molecule has 0 saturated carbocycles. The van der Waals surface area contributed by atoms with Crippen LogP contribution in [0.3, 0.4) is 0 Å². The molecule has 0 unspecified atom stereocenters. The van der Waals surface area contributed by atoms with Crippen LogP contribution in [0.25, 0.3) is 22.0 Å². The van der Waals surface area contributed by atoms with Crippen molar-refractivity contribution in [3.05, 3.63) is 65.4 Å². The number of carboxylic acid groups (broad SMARTS) is 1. The molecule has 2 aliphatic rings. The fraction of sp³-hybridized carbons (Fsp3) is 0.452. The lowest BCUT2D eigenvalue weighted by Crippen LogP contribution is -2.59. The van der Waals surface area contributed by atoms with Crippen molar-refractivity contribution < 1.29 is 41.0 Å². The van der Waals surface area contributed by atoms with Crippen LogP contribution in [0, 0.1) is 5.41 Å². The number of carbonyl (C=O) groups excluding carboxylic acids is 1. The van der Waals surface area contributed by atoms with Crippen molar-refractivity contribution in [2.75, 3.05) is 33.2 Å². The molecule has 1 amide bonds. The number of likely N-dealkylation sites (tertiary alicyclic amines) is 1. The van der Waals surface area contributed by atoms with E-state index in [-0.39, 0.29) is 6.42 Å². The number of aromatic nitrogens is 1.